The minimum atomic E-state index is -0.879. The zero-order valence-corrected chi connectivity index (χ0v) is 14.9. The highest BCUT2D eigenvalue weighted by molar-refractivity contribution is 6.39. The number of halogens is 1. The van der Waals surface area contributed by atoms with Crippen molar-refractivity contribution in [1.29, 1.82) is 0 Å². The Bertz CT molecular complexity index is 796. The van der Waals surface area contributed by atoms with Crippen LogP contribution in [0.4, 0.5) is 15.9 Å². The van der Waals surface area contributed by atoms with Crippen molar-refractivity contribution in [2.75, 3.05) is 30.9 Å². The Morgan fingerprint density at radius 2 is 1.96 bits per heavy atom. The average Bonchev–Trinajstić information content (AvgIpc) is 2.62. The van der Waals surface area contributed by atoms with Crippen LogP contribution in [-0.2, 0) is 16.1 Å². The zero-order chi connectivity index (χ0) is 19.1. The van der Waals surface area contributed by atoms with Crippen molar-refractivity contribution >= 4 is 23.3 Å². The molecule has 0 radical (unpaired) electrons. The molecule has 1 aromatic carbocycles. The number of carbonyl (C=O) groups excluding carboxylic acids is 2. The van der Waals surface area contributed by atoms with E-state index in [9.17, 15) is 14.0 Å². The number of carbonyl (C=O) groups is 2. The highest BCUT2D eigenvalue weighted by Crippen LogP contribution is 2.21. The Kier molecular flexibility index (Phi) is 6.48. The molecule has 0 saturated carbocycles. The quantitative estimate of drug-likeness (QED) is 0.769. The van der Waals surface area contributed by atoms with E-state index in [2.05, 4.69) is 15.6 Å². The molecule has 0 bridgehead atoms. The average molecular weight is 360 g/mol. The predicted molar refractivity (Wildman–Crippen MR) is 96.6 cm³/mol. The molecular weight excluding hydrogens is 339 g/mol. The predicted octanol–water partition coefficient (Wildman–Crippen LogP) is 1.94. The lowest BCUT2D eigenvalue weighted by atomic mass is 10.2. The monoisotopic (exact) mass is 360 g/mol. The number of pyridine rings is 1. The summed E-state index contributed by atoms with van der Waals surface area (Å²) in [5.74, 6) is -1.48. The molecule has 0 saturated heterocycles. The Hall–Kier alpha value is -3.16. The van der Waals surface area contributed by atoms with Gasteiger partial charge in [0.05, 0.1) is 6.61 Å². The molecule has 0 aliphatic carbocycles. The zero-order valence-electron chi connectivity index (χ0n) is 14.9. The molecule has 1 aromatic heterocycles. The van der Waals surface area contributed by atoms with Gasteiger partial charge in [0.15, 0.2) is 11.6 Å². The van der Waals surface area contributed by atoms with Crippen molar-refractivity contribution < 1.29 is 18.7 Å². The molecule has 26 heavy (non-hydrogen) atoms. The fraction of sp³-hybridized carbons (Fsp3) is 0.278. The molecular formula is C18H21FN4O3. The SMILES string of the molecule is CCOc1ccc(NC(=O)C(=O)NCc2ccnc(N(C)C)c2)cc1F. The largest absolute Gasteiger partial charge is 0.491 e. The molecule has 0 aliphatic heterocycles. The van der Waals surface area contributed by atoms with Crippen LogP contribution in [0.2, 0.25) is 0 Å². The van der Waals surface area contributed by atoms with Crippen molar-refractivity contribution in [2.45, 2.75) is 13.5 Å². The first-order valence-electron chi connectivity index (χ1n) is 8.04. The molecule has 0 aliphatic rings. The number of benzene rings is 1. The van der Waals surface area contributed by atoms with Crippen LogP contribution in [0.15, 0.2) is 36.5 Å². The van der Waals surface area contributed by atoms with Gasteiger partial charge in [-0.25, -0.2) is 9.37 Å². The van der Waals surface area contributed by atoms with Crippen molar-refractivity contribution in [3.8, 4) is 5.75 Å². The normalized spacial score (nSPS) is 10.2. The lowest BCUT2D eigenvalue weighted by molar-refractivity contribution is -0.136. The molecule has 0 spiro atoms. The second-order valence-corrected chi connectivity index (χ2v) is 5.63. The van der Waals surface area contributed by atoms with E-state index < -0.39 is 17.6 Å². The van der Waals surface area contributed by atoms with E-state index in [0.29, 0.717) is 6.61 Å². The summed E-state index contributed by atoms with van der Waals surface area (Å²) in [6.07, 6.45) is 1.62. The van der Waals surface area contributed by atoms with Crippen molar-refractivity contribution in [3.05, 3.63) is 47.9 Å². The Morgan fingerprint density at radius 3 is 2.62 bits per heavy atom. The van der Waals surface area contributed by atoms with E-state index in [-0.39, 0.29) is 18.0 Å². The van der Waals surface area contributed by atoms with E-state index >= 15 is 0 Å². The van der Waals surface area contributed by atoms with Crippen LogP contribution in [-0.4, -0.2) is 37.5 Å². The molecule has 2 aromatic rings. The molecule has 2 N–H and O–H groups in total. The molecule has 2 rings (SSSR count). The number of amides is 2. The maximum atomic E-state index is 13.8. The summed E-state index contributed by atoms with van der Waals surface area (Å²) in [6.45, 7) is 2.24. The fourth-order valence-electron chi connectivity index (χ4n) is 2.12. The van der Waals surface area contributed by atoms with Crippen molar-refractivity contribution in [2.24, 2.45) is 0 Å². The van der Waals surface area contributed by atoms with Gasteiger partial charge in [-0.15, -0.1) is 0 Å². The number of nitrogens with zero attached hydrogens (tertiary/aromatic N) is 2. The Morgan fingerprint density at radius 1 is 1.19 bits per heavy atom. The van der Waals surface area contributed by atoms with Gasteiger partial charge in [-0.2, -0.15) is 0 Å². The van der Waals surface area contributed by atoms with Gasteiger partial charge >= 0.3 is 11.8 Å². The maximum Gasteiger partial charge on any atom is 0.313 e. The number of anilines is 2. The minimum absolute atomic E-state index is 0.0873. The van der Waals surface area contributed by atoms with Gasteiger partial charge < -0.3 is 20.3 Å². The number of nitrogens with one attached hydrogen (secondary N) is 2. The molecule has 2 amide bonds. The maximum absolute atomic E-state index is 13.8. The first-order valence-corrected chi connectivity index (χ1v) is 8.04. The smallest absolute Gasteiger partial charge is 0.313 e. The van der Waals surface area contributed by atoms with E-state index in [4.69, 9.17) is 4.74 Å². The van der Waals surface area contributed by atoms with E-state index in [1.165, 1.54) is 12.1 Å². The second-order valence-electron chi connectivity index (χ2n) is 5.63. The highest BCUT2D eigenvalue weighted by atomic mass is 19.1. The molecule has 0 atom stereocenters. The van der Waals surface area contributed by atoms with Crippen LogP contribution in [0.1, 0.15) is 12.5 Å². The van der Waals surface area contributed by atoms with E-state index in [1.54, 1.807) is 25.3 Å². The van der Waals surface area contributed by atoms with E-state index in [0.717, 1.165) is 17.4 Å². The molecule has 0 fully saturated rings. The highest BCUT2D eigenvalue weighted by Gasteiger charge is 2.15. The van der Waals surface area contributed by atoms with Gasteiger partial charge in [0.2, 0.25) is 0 Å². The van der Waals surface area contributed by atoms with Gasteiger partial charge in [0.25, 0.3) is 0 Å². The van der Waals surface area contributed by atoms with E-state index in [1.807, 2.05) is 19.0 Å². The topological polar surface area (TPSA) is 83.6 Å². The molecule has 1 heterocycles. The van der Waals surface area contributed by atoms with Crippen molar-refractivity contribution in [3.63, 3.8) is 0 Å². The number of hydrogen-bond acceptors (Lipinski definition) is 5. The standard InChI is InChI=1S/C18H21FN4O3/c1-4-26-15-6-5-13(10-14(15)19)22-18(25)17(24)21-11-12-7-8-20-16(9-12)23(2)3/h5-10H,4,11H2,1-3H3,(H,21,24)(H,22,25). The third kappa shape index (κ3) is 5.17. The molecule has 138 valence electrons. The fourth-order valence-corrected chi connectivity index (χ4v) is 2.12. The second kappa shape index (κ2) is 8.80. The number of aromatic nitrogens is 1. The number of ether oxygens (including phenoxy) is 1. The number of rotatable bonds is 6. The van der Waals surface area contributed by atoms with Crippen LogP contribution in [0.3, 0.4) is 0 Å². The van der Waals surface area contributed by atoms with Gasteiger partial charge in [-0.05, 0) is 36.8 Å². The van der Waals surface area contributed by atoms with Crippen LogP contribution in [0.25, 0.3) is 0 Å². The Labute approximate surface area is 151 Å². The minimum Gasteiger partial charge on any atom is -0.491 e. The van der Waals surface area contributed by atoms with Crippen molar-refractivity contribution in [1.82, 2.24) is 10.3 Å². The summed E-state index contributed by atoms with van der Waals surface area (Å²) in [5.41, 5.74) is 0.974. The summed E-state index contributed by atoms with van der Waals surface area (Å²) in [6, 6.07) is 7.51. The number of hydrogen-bond donors (Lipinski definition) is 2. The van der Waals surface area contributed by atoms with Crippen LogP contribution < -0.4 is 20.3 Å². The van der Waals surface area contributed by atoms with Gasteiger partial charge in [0, 0.05) is 38.6 Å². The van der Waals surface area contributed by atoms with Gasteiger partial charge in [0.1, 0.15) is 5.82 Å². The lowest BCUT2D eigenvalue weighted by Gasteiger charge is -2.12. The summed E-state index contributed by atoms with van der Waals surface area (Å²) in [5, 5.41) is 4.87. The van der Waals surface area contributed by atoms with Gasteiger partial charge in [-0.1, -0.05) is 0 Å². The summed E-state index contributed by atoms with van der Waals surface area (Å²) >= 11 is 0. The summed E-state index contributed by atoms with van der Waals surface area (Å²) in [4.78, 5) is 29.9. The lowest BCUT2D eigenvalue weighted by Crippen LogP contribution is -2.35. The first kappa shape index (κ1) is 19.2. The van der Waals surface area contributed by atoms with Crippen LogP contribution >= 0.6 is 0 Å². The van der Waals surface area contributed by atoms with Crippen LogP contribution in [0.5, 0.6) is 5.75 Å². The Balaban J connectivity index is 1.92. The molecule has 8 heteroatoms. The molecule has 0 unspecified atom stereocenters. The summed E-state index contributed by atoms with van der Waals surface area (Å²) < 4.78 is 18.9. The first-order chi connectivity index (χ1) is 12.4. The van der Waals surface area contributed by atoms with Gasteiger partial charge in [-0.3, -0.25) is 9.59 Å². The third-order valence-corrected chi connectivity index (χ3v) is 3.42. The third-order valence-electron chi connectivity index (χ3n) is 3.42. The van der Waals surface area contributed by atoms with Crippen LogP contribution in [0, 0.1) is 5.82 Å². The molecule has 7 nitrogen and oxygen atoms in total. The summed E-state index contributed by atoms with van der Waals surface area (Å²) in [7, 11) is 3.71.